The monoisotopic (exact) mass is 420 g/mol. The van der Waals surface area contributed by atoms with Crippen LogP contribution in [0.5, 0.6) is 0 Å². The zero-order valence-electron chi connectivity index (χ0n) is 16.0. The van der Waals surface area contributed by atoms with Gasteiger partial charge in [0.05, 0.1) is 9.49 Å². The van der Waals surface area contributed by atoms with Crippen LogP contribution in [0.3, 0.4) is 0 Å². The molecule has 2 aliphatic rings. The summed E-state index contributed by atoms with van der Waals surface area (Å²) < 4.78 is 62.7. The van der Waals surface area contributed by atoms with E-state index in [1.165, 1.54) is 26.0 Å². The molecule has 6 nitrogen and oxygen atoms in total. The summed E-state index contributed by atoms with van der Waals surface area (Å²) in [6.07, 6.45) is 13.0. The molecule has 0 fully saturated rings. The molecule has 0 saturated carbocycles. The minimum atomic E-state index is -4.26. The van der Waals surface area contributed by atoms with Crippen molar-refractivity contribution in [1.29, 1.82) is 0 Å². The van der Waals surface area contributed by atoms with Crippen molar-refractivity contribution in [1.82, 2.24) is 0 Å². The van der Waals surface area contributed by atoms with Crippen LogP contribution in [0.1, 0.15) is 27.7 Å². The van der Waals surface area contributed by atoms with Gasteiger partial charge in [-0.15, -0.1) is 0 Å². The van der Waals surface area contributed by atoms with Crippen LogP contribution in [-0.4, -0.2) is 35.4 Å². The van der Waals surface area contributed by atoms with Gasteiger partial charge in [-0.3, -0.25) is 0 Å². The van der Waals surface area contributed by atoms with Gasteiger partial charge in [0.1, 0.15) is 20.2 Å². The van der Waals surface area contributed by atoms with Gasteiger partial charge in [-0.05, 0) is 25.7 Å². The van der Waals surface area contributed by atoms with E-state index in [9.17, 15) is 25.9 Å². The van der Waals surface area contributed by atoms with Crippen LogP contribution in [0, 0.1) is 11.8 Å². The molecule has 10 heteroatoms. The van der Waals surface area contributed by atoms with E-state index in [0.29, 0.717) is 0 Å². The molecule has 0 heterocycles. The molecule has 4 unspecified atom stereocenters. The van der Waals surface area contributed by atoms with Crippen molar-refractivity contribution < 1.29 is 85.1 Å². The van der Waals surface area contributed by atoms with E-state index >= 15 is 0 Å². The van der Waals surface area contributed by atoms with E-state index < -0.39 is 29.7 Å². The fraction of sp³-hybridized carbons (Fsp3) is 0.500. The first kappa shape index (κ1) is 29.0. The molecule has 0 amide bonds. The van der Waals surface area contributed by atoms with Crippen molar-refractivity contribution in [3.63, 3.8) is 0 Å². The molecule has 2 aliphatic carbocycles. The summed E-state index contributed by atoms with van der Waals surface area (Å²) in [6.45, 7) is 6.32. The Kier molecular flexibility index (Phi) is 11.7. The predicted octanol–water partition coefficient (Wildman–Crippen LogP) is -3.89. The largest absolute Gasteiger partial charge is 1.00 e. The molecule has 0 aromatic rings. The minimum Gasteiger partial charge on any atom is -0.747 e. The SMILES string of the molecule is CC1C=CC=CC1(C)S(=O)(=O)[O-].CC1C=CC=CC1(C)S(=O)(=O)[O-].[Na+].[Na+]. The zero-order chi connectivity index (χ0) is 18.8. The molecule has 0 spiro atoms. The van der Waals surface area contributed by atoms with Gasteiger partial charge < -0.3 is 9.11 Å². The Morgan fingerprint density at radius 3 is 1.12 bits per heavy atom. The van der Waals surface area contributed by atoms with E-state index in [0.717, 1.165) is 0 Å². The van der Waals surface area contributed by atoms with Crippen LogP contribution < -0.4 is 59.1 Å². The summed E-state index contributed by atoms with van der Waals surface area (Å²) in [7, 11) is -8.53. The van der Waals surface area contributed by atoms with E-state index in [1.54, 1.807) is 50.3 Å². The van der Waals surface area contributed by atoms with Crippen molar-refractivity contribution in [3.05, 3.63) is 48.6 Å². The zero-order valence-corrected chi connectivity index (χ0v) is 21.7. The molecule has 0 bridgehead atoms. The summed E-state index contributed by atoms with van der Waals surface area (Å²) in [4.78, 5) is 0. The van der Waals surface area contributed by atoms with Crippen LogP contribution >= 0.6 is 0 Å². The van der Waals surface area contributed by atoms with Crippen molar-refractivity contribution in [2.24, 2.45) is 11.8 Å². The van der Waals surface area contributed by atoms with Crippen molar-refractivity contribution in [3.8, 4) is 0 Å². The first-order valence-electron chi connectivity index (χ1n) is 7.38. The van der Waals surface area contributed by atoms with Crippen molar-refractivity contribution in [2.75, 3.05) is 0 Å². The number of rotatable bonds is 2. The second-order valence-corrected chi connectivity index (χ2v) is 9.92. The van der Waals surface area contributed by atoms with Gasteiger partial charge in [0.15, 0.2) is 0 Å². The van der Waals surface area contributed by atoms with E-state index in [1.807, 2.05) is 0 Å². The predicted molar refractivity (Wildman–Crippen MR) is 91.1 cm³/mol. The van der Waals surface area contributed by atoms with E-state index in [-0.39, 0.29) is 71.0 Å². The van der Waals surface area contributed by atoms with Gasteiger partial charge >= 0.3 is 59.1 Å². The molecular weight excluding hydrogens is 398 g/mol. The molecule has 2 rings (SSSR count). The van der Waals surface area contributed by atoms with E-state index in [2.05, 4.69) is 0 Å². The fourth-order valence-electron chi connectivity index (χ4n) is 2.26. The van der Waals surface area contributed by atoms with Gasteiger partial charge in [0.2, 0.25) is 0 Å². The average Bonchev–Trinajstić information content (AvgIpc) is 2.44. The summed E-state index contributed by atoms with van der Waals surface area (Å²) >= 11 is 0. The maximum Gasteiger partial charge on any atom is 1.00 e. The molecule has 0 aromatic heterocycles. The number of allylic oxidation sites excluding steroid dienone is 6. The average molecular weight is 420 g/mol. The quantitative estimate of drug-likeness (QED) is 0.333. The van der Waals surface area contributed by atoms with Gasteiger partial charge in [0, 0.05) is 0 Å². The maximum absolute atomic E-state index is 10.9. The second-order valence-electron chi connectivity index (χ2n) is 6.34. The second kappa shape index (κ2) is 10.5. The van der Waals surface area contributed by atoms with Gasteiger partial charge in [-0.25, -0.2) is 16.8 Å². The molecular formula is C16H22Na2O6S2. The van der Waals surface area contributed by atoms with Crippen LogP contribution in [0.25, 0.3) is 0 Å². The molecule has 4 atom stereocenters. The van der Waals surface area contributed by atoms with Crippen LogP contribution in [0.4, 0.5) is 0 Å². The Morgan fingerprint density at radius 2 is 0.962 bits per heavy atom. The summed E-state index contributed by atoms with van der Waals surface area (Å²) in [5, 5.41) is 0. The molecule has 0 aliphatic heterocycles. The molecule has 26 heavy (non-hydrogen) atoms. The van der Waals surface area contributed by atoms with Gasteiger partial charge in [-0.2, -0.15) is 0 Å². The molecule has 136 valence electrons. The minimum absolute atomic E-state index is 0. The summed E-state index contributed by atoms with van der Waals surface area (Å²) in [5.74, 6) is -0.519. The number of hydrogen-bond donors (Lipinski definition) is 0. The Morgan fingerprint density at radius 1 is 0.692 bits per heavy atom. The van der Waals surface area contributed by atoms with Crippen LogP contribution in [-0.2, 0) is 20.2 Å². The Balaban J connectivity index is 0. The van der Waals surface area contributed by atoms with E-state index in [4.69, 9.17) is 0 Å². The smallest absolute Gasteiger partial charge is 0.747 e. The Labute approximate surface area is 201 Å². The normalized spacial score (nSPS) is 32.7. The molecule has 0 aromatic carbocycles. The Hall–Kier alpha value is 0.780. The third kappa shape index (κ3) is 6.40. The summed E-state index contributed by atoms with van der Waals surface area (Å²) in [5.41, 5.74) is 0. The van der Waals surface area contributed by atoms with Gasteiger partial charge in [0.25, 0.3) is 0 Å². The van der Waals surface area contributed by atoms with Crippen molar-refractivity contribution in [2.45, 2.75) is 37.2 Å². The first-order chi connectivity index (χ1) is 10.8. The third-order valence-electron chi connectivity index (χ3n) is 4.76. The Bertz CT molecular complexity index is 731. The standard InChI is InChI=1S/2C8H12O3S.2Na/c2*1-7-5-3-4-6-8(7,2)12(9,10)11;;/h2*3-7H,1-2H3,(H,9,10,11);;/q;;2*+1/p-2. The van der Waals surface area contributed by atoms with Gasteiger partial charge in [-0.1, -0.05) is 62.5 Å². The molecule has 0 N–H and O–H groups in total. The summed E-state index contributed by atoms with van der Waals surface area (Å²) in [6, 6.07) is 0. The first-order valence-corrected chi connectivity index (χ1v) is 10.2. The molecule has 0 saturated heterocycles. The fourth-order valence-corrected chi connectivity index (χ4v) is 3.82. The van der Waals surface area contributed by atoms with Crippen LogP contribution in [0.15, 0.2) is 48.6 Å². The maximum atomic E-state index is 10.9. The molecule has 0 radical (unpaired) electrons. The topological polar surface area (TPSA) is 114 Å². The van der Waals surface area contributed by atoms with Crippen LogP contribution in [0.2, 0.25) is 0 Å². The van der Waals surface area contributed by atoms with Crippen molar-refractivity contribution >= 4 is 20.2 Å². The third-order valence-corrected chi connectivity index (χ3v) is 7.93. The number of hydrogen-bond acceptors (Lipinski definition) is 6.